The highest BCUT2D eigenvalue weighted by atomic mass is 16.3. The molecule has 0 aliphatic heterocycles. The summed E-state index contributed by atoms with van der Waals surface area (Å²) in [6.07, 6.45) is 0. The molecule has 1 aliphatic rings. The van der Waals surface area contributed by atoms with Crippen molar-refractivity contribution in [2.24, 2.45) is 0 Å². The highest BCUT2D eigenvalue weighted by Crippen LogP contribution is 2.53. The summed E-state index contributed by atoms with van der Waals surface area (Å²) < 4.78 is 6.42. The zero-order valence-corrected chi connectivity index (χ0v) is 28.0. The monoisotopic (exact) mass is 652 g/mol. The molecule has 3 nitrogen and oxygen atoms in total. The van der Waals surface area contributed by atoms with Gasteiger partial charge < -0.3 is 4.42 Å². The van der Waals surface area contributed by atoms with Crippen molar-refractivity contribution in [3.05, 3.63) is 193 Å². The first-order valence-electron chi connectivity index (χ1n) is 17.4. The van der Waals surface area contributed by atoms with Gasteiger partial charge in [0.05, 0.1) is 11.4 Å². The molecule has 9 aromatic rings. The molecule has 0 saturated carbocycles. The number of furan rings is 1. The van der Waals surface area contributed by atoms with E-state index in [1.54, 1.807) is 0 Å². The number of benzene rings is 7. The quantitative estimate of drug-likeness (QED) is 0.186. The van der Waals surface area contributed by atoms with Crippen LogP contribution in [0.4, 0.5) is 0 Å². The molecule has 0 spiro atoms. The molecule has 0 N–H and O–H groups in total. The van der Waals surface area contributed by atoms with Gasteiger partial charge in [0.25, 0.3) is 0 Å². The number of nitrogens with zero attached hydrogens (tertiary/aromatic N) is 2. The van der Waals surface area contributed by atoms with Crippen LogP contribution in [0.3, 0.4) is 0 Å². The van der Waals surface area contributed by atoms with Crippen molar-refractivity contribution in [1.82, 2.24) is 9.97 Å². The van der Waals surface area contributed by atoms with Crippen molar-refractivity contribution in [2.45, 2.75) is 12.3 Å². The van der Waals surface area contributed by atoms with Gasteiger partial charge in [0.15, 0.2) is 5.82 Å². The Bertz CT molecular complexity index is 2760. The average molecular weight is 653 g/mol. The molecule has 0 saturated heterocycles. The normalized spacial score (nSPS) is 14.8. The van der Waals surface area contributed by atoms with Crippen LogP contribution in [0.25, 0.3) is 78.1 Å². The predicted molar refractivity (Wildman–Crippen MR) is 208 cm³/mol. The lowest BCUT2D eigenvalue weighted by Crippen LogP contribution is -2.22. The molecule has 0 bridgehead atoms. The molecule has 1 atom stereocenters. The Morgan fingerprint density at radius 2 is 1.04 bits per heavy atom. The lowest BCUT2D eigenvalue weighted by atomic mass is 9.74. The third-order valence-electron chi connectivity index (χ3n) is 10.6. The lowest BCUT2D eigenvalue weighted by Gasteiger charge is -2.28. The first-order chi connectivity index (χ1) is 25.1. The SMILES string of the molecule is CC1(c2ccccc2)c2ccccc2-c2ccc(-c3cc(-c4cccc(-c5cccc6c5oc5ccccc56)c4)nc(-c4ccccc4)n3)cc21. The number of hydrogen-bond donors (Lipinski definition) is 0. The second-order valence-corrected chi connectivity index (χ2v) is 13.5. The van der Waals surface area contributed by atoms with E-state index >= 15 is 0 Å². The van der Waals surface area contributed by atoms with Crippen LogP contribution in [0, 0.1) is 0 Å². The van der Waals surface area contributed by atoms with Crippen LogP contribution in [0.2, 0.25) is 0 Å². The number of para-hydroxylation sites is 2. The Labute approximate surface area is 296 Å². The van der Waals surface area contributed by atoms with E-state index in [1.807, 2.05) is 30.3 Å². The van der Waals surface area contributed by atoms with E-state index in [2.05, 4.69) is 153 Å². The van der Waals surface area contributed by atoms with Crippen molar-refractivity contribution < 1.29 is 4.42 Å². The van der Waals surface area contributed by atoms with E-state index in [0.717, 1.165) is 61.1 Å². The Balaban J connectivity index is 1.14. The first-order valence-corrected chi connectivity index (χ1v) is 17.4. The summed E-state index contributed by atoms with van der Waals surface area (Å²) in [4.78, 5) is 10.4. The molecule has 240 valence electrons. The molecule has 1 aliphatic carbocycles. The van der Waals surface area contributed by atoms with E-state index in [0.29, 0.717) is 5.82 Å². The fraction of sp³-hybridized carbons (Fsp3) is 0.0417. The number of hydrogen-bond acceptors (Lipinski definition) is 3. The Hall–Kier alpha value is -6.58. The number of aromatic nitrogens is 2. The summed E-state index contributed by atoms with van der Waals surface area (Å²) in [7, 11) is 0. The fourth-order valence-corrected chi connectivity index (χ4v) is 8.01. The molecule has 2 aromatic heterocycles. The zero-order valence-electron chi connectivity index (χ0n) is 28.0. The van der Waals surface area contributed by atoms with E-state index in [9.17, 15) is 0 Å². The molecule has 0 fully saturated rings. The largest absolute Gasteiger partial charge is 0.455 e. The van der Waals surface area contributed by atoms with Gasteiger partial charge in [0, 0.05) is 38.4 Å². The first kappa shape index (κ1) is 29.3. The Morgan fingerprint density at radius 3 is 1.88 bits per heavy atom. The summed E-state index contributed by atoms with van der Waals surface area (Å²) in [5.74, 6) is 0.697. The average Bonchev–Trinajstić information content (AvgIpc) is 3.72. The van der Waals surface area contributed by atoms with Crippen LogP contribution in [-0.4, -0.2) is 9.97 Å². The molecule has 0 amide bonds. The van der Waals surface area contributed by atoms with Crippen LogP contribution in [0.1, 0.15) is 23.6 Å². The lowest BCUT2D eigenvalue weighted by molar-refractivity contribution is 0.670. The molecular weight excluding hydrogens is 621 g/mol. The highest BCUT2D eigenvalue weighted by Gasteiger charge is 2.40. The standard InChI is InChI=1S/C48H32N2O/c1-48(35-18-6-3-7-19-35)41-24-10-8-20-37(41)38-27-26-34(29-42(38)48)44-30-43(49-47(50-44)31-14-4-2-5-15-31)33-17-12-16-32(28-33)36-22-13-23-40-39-21-9-11-25-45(39)51-46(36)40/h2-30H,1H3. The predicted octanol–water partition coefficient (Wildman–Crippen LogP) is 12.4. The Kier molecular flexibility index (Phi) is 6.62. The van der Waals surface area contributed by atoms with Gasteiger partial charge >= 0.3 is 0 Å². The fourth-order valence-electron chi connectivity index (χ4n) is 8.01. The molecular formula is C48H32N2O. The molecule has 0 radical (unpaired) electrons. The summed E-state index contributed by atoms with van der Waals surface area (Å²) in [6, 6.07) is 62.1. The van der Waals surface area contributed by atoms with Crippen molar-refractivity contribution in [3.63, 3.8) is 0 Å². The van der Waals surface area contributed by atoms with Gasteiger partial charge in [-0.05, 0) is 64.6 Å². The summed E-state index contributed by atoms with van der Waals surface area (Å²) in [5.41, 5.74) is 14.9. The number of fused-ring (bicyclic) bond motifs is 6. The number of rotatable bonds is 5. The molecule has 51 heavy (non-hydrogen) atoms. The van der Waals surface area contributed by atoms with Crippen LogP contribution in [0.5, 0.6) is 0 Å². The van der Waals surface area contributed by atoms with Gasteiger partial charge in [0.2, 0.25) is 0 Å². The maximum absolute atomic E-state index is 6.42. The van der Waals surface area contributed by atoms with Crippen LogP contribution >= 0.6 is 0 Å². The Morgan fingerprint density at radius 1 is 0.431 bits per heavy atom. The summed E-state index contributed by atoms with van der Waals surface area (Å²) in [5, 5.41) is 2.24. The second-order valence-electron chi connectivity index (χ2n) is 13.5. The highest BCUT2D eigenvalue weighted by molar-refractivity contribution is 6.09. The van der Waals surface area contributed by atoms with E-state index < -0.39 is 0 Å². The zero-order chi connectivity index (χ0) is 33.9. The van der Waals surface area contributed by atoms with Gasteiger partial charge in [-0.2, -0.15) is 0 Å². The molecule has 7 aromatic carbocycles. The maximum atomic E-state index is 6.42. The molecule has 1 unspecified atom stereocenters. The minimum absolute atomic E-state index is 0.298. The van der Waals surface area contributed by atoms with Crippen molar-refractivity contribution in [2.75, 3.05) is 0 Å². The maximum Gasteiger partial charge on any atom is 0.160 e. The third-order valence-corrected chi connectivity index (χ3v) is 10.6. The van der Waals surface area contributed by atoms with E-state index in [-0.39, 0.29) is 5.41 Å². The van der Waals surface area contributed by atoms with Gasteiger partial charge in [0.1, 0.15) is 11.2 Å². The van der Waals surface area contributed by atoms with Crippen molar-refractivity contribution in [3.8, 4) is 56.2 Å². The second kappa shape index (κ2) is 11.5. The molecule has 3 heteroatoms. The van der Waals surface area contributed by atoms with Gasteiger partial charge in [-0.3, -0.25) is 0 Å². The van der Waals surface area contributed by atoms with Gasteiger partial charge in [-0.25, -0.2) is 9.97 Å². The van der Waals surface area contributed by atoms with Gasteiger partial charge in [-0.15, -0.1) is 0 Å². The third kappa shape index (κ3) is 4.66. The minimum atomic E-state index is -0.298. The molecule has 2 heterocycles. The van der Waals surface area contributed by atoms with Crippen molar-refractivity contribution >= 4 is 21.9 Å². The van der Waals surface area contributed by atoms with Crippen LogP contribution in [-0.2, 0) is 5.41 Å². The topological polar surface area (TPSA) is 38.9 Å². The smallest absolute Gasteiger partial charge is 0.160 e. The summed E-state index contributed by atoms with van der Waals surface area (Å²) in [6.45, 7) is 2.35. The summed E-state index contributed by atoms with van der Waals surface area (Å²) >= 11 is 0. The van der Waals surface area contributed by atoms with Crippen LogP contribution in [0.15, 0.2) is 180 Å². The van der Waals surface area contributed by atoms with Gasteiger partial charge in [-0.1, -0.05) is 152 Å². The van der Waals surface area contributed by atoms with E-state index in [1.165, 1.54) is 27.8 Å². The van der Waals surface area contributed by atoms with E-state index in [4.69, 9.17) is 14.4 Å². The minimum Gasteiger partial charge on any atom is -0.455 e. The molecule has 10 rings (SSSR count). The van der Waals surface area contributed by atoms with Crippen LogP contribution < -0.4 is 0 Å². The van der Waals surface area contributed by atoms with Crippen molar-refractivity contribution in [1.29, 1.82) is 0 Å².